The van der Waals surface area contributed by atoms with Crippen molar-refractivity contribution in [2.75, 3.05) is 0 Å². The van der Waals surface area contributed by atoms with Gasteiger partial charge in [0, 0.05) is 6.42 Å². The minimum atomic E-state index is -0.181. The number of ether oxygens (including phenoxy) is 1. The maximum atomic E-state index is 10.7. The first-order valence-electron chi connectivity index (χ1n) is 2.73. The maximum Gasteiger partial charge on any atom is 0.168 e. The SMILES string of the molecule is O=C1C[C@H]2C=C[C@@H]1O2. The number of fused-ring (bicyclic) bond motifs is 2. The van der Waals surface area contributed by atoms with Gasteiger partial charge in [-0.2, -0.15) is 0 Å². The lowest BCUT2D eigenvalue weighted by atomic mass is 10.1. The van der Waals surface area contributed by atoms with Gasteiger partial charge in [0.05, 0.1) is 6.10 Å². The number of hydrogen-bond donors (Lipinski definition) is 0. The largest absolute Gasteiger partial charge is 0.359 e. The summed E-state index contributed by atoms with van der Waals surface area (Å²) < 4.78 is 5.12. The molecule has 0 aromatic carbocycles. The highest BCUT2D eigenvalue weighted by molar-refractivity contribution is 5.88. The predicted molar refractivity (Wildman–Crippen MR) is 27.4 cm³/mol. The van der Waals surface area contributed by atoms with Crippen LogP contribution in [0.3, 0.4) is 0 Å². The van der Waals surface area contributed by atoms with Crippen molar-refractivity contribution in [3.05, 3.63) is 12.2 Å². The summed E-state index contributed by atoms with van der Waals surface area (Å²) in [6.07, 6.45) is 4.32. The molecule has 0 amide bonds. The molecule has 2 aliphatic rings. The standard InChI is InChI=1S/C6H6O2/c7-5-3-4-1-2-6(5)8-4/h1-2,4,6H,3H2/t4-,6+/m1/s1. The van der Waals surface area contributed by atoms with E-state index in [9.17, 15) is 4.79 Å². The zero-order valence-electron chi connectivity index (χ0n) is 4.33. The van der Waals surface area contributed by atoms with E-state index in [0.29, 0.717) is 6.42 Å². The summed E-state index contributed by atoms with van der Waals surface area (Å²) in [5, 5.41) is 0. The minimum Gasteiger partial charge on any atom is -0.359 e. The molecule has 2 rings (SSSR count). The molecular formula is C6H6O2. The Bertz CT molecular complexity index is 160. The summed E-state index contributed by atoms with van der Waals surface area (Å²) in [5.41, 5.74) is 0. The zero-order valence-corrected chi connectivity index (χ0v) is 4.33. The van der Waals surface area contributed by atoms with Crippen LogP contribution in [0.1, 0.15) is 6.42 Å². The first kappa shape index (κ1) is 4.27. The van der Waals surface area contributed by atoms with Crippen LogP contribution in [0.25, 0.3) is 0 Å². The quantitative estimate of drug-likeness (QED) is 0.419. The third kappa shape index (κ3) is 0.383. The van der Waals surface area contributed by atoms with Gasteiger partial charge in [-0.1, -0.05) is 6.08 Å². The summed E-state index contributed by atoms with van der Waals surface area (Å²) in [6.45, 7) is 0. The molecule has 2 heterocycles. The number of hydrogen-bond acceptors (Lipinski definition) is 2. The normalized spacial score (nSPS) is 41.8. The van der Waals surface area contributed by atoms with Gasteiger partial charge in [0.15, 0.2) is 5.78 Å². The fraction of sp³-hybridized carbons (Fsp3) is 0.500. The molecule has 0 saturated carbocycles. The summed E-state index contributed by atoms with van der Waals surface area (Å²) in [7, 11) is 0. The van der Waals surface area contributed by atoms with Crippen LogP contribution in [0.2, 0.25) is 0 Å². The molecule has 0 aliphatic carbocycles. The van der Waals surface area contributed by atoms with E-state index in [2.05, 4.69) is 0 Å². The monoisotopic (exact) mass is 110 g/mol. The summed E-state index contributed by atoms with van der Waals surface area (Å²) in [5.74, 6) is 0.234. The van der Waals surface area contributed by atoms with E-state index in [4.69, 9.17) is 4.74 Å². The molecule has 2 nitrogen and oxygen atoms in total. The second kappa shape index (κ2) is 1.20. The van der Waals surface area contributed by atoms with Crippen molar-refractivity contribution in [3.63, 3.8) is 0 Å². The van der Waals surface area contributed by atoms with Crippen LogP contribution in [-0.4, -0.2) is 18.0 Å². The lowest BCUT2D eigenvalue weighted by Gasteiger charge is -1.92. The van der Waals surface area contributed by atoms with Crippen molar-refractivity contribution in [1.29, 1.82) is 0 Å². The highest BCUT2D eigenvalue weighted by Crippen LogP contribution is 2.24. The lowest BCUT2D eigenvalue weighted by molar-refractivity contribution is -0.120. The van der Waals surface area contributed by atoms with E-state index in [1.165, 1.54) is 0 Å². The zero-order chi connectivity index (χ0) is 5.56. The molecule has 0 aromatic rings. The number of Topliss-reactive ketones (excluding diaryl/α,β-unsaturated/α-hetero) is 1. The van der Waals surface area contributed by atoms with E-state index in [1.54, 1.807) is 0 Å². The highest BCUT2D eigenvalue weighted by atomic mass is 16.5. The molecule has 2 bridgehead atoms. The van der Waals surface area contributed by atoms with E-state index in [1.807, 2.05) is 12.2 Å². The van der Waals surface area contributed by atoms with Gasteiger partial charge in [-0.3, -0.25) is 4.79 Å². The van der Waals surface area contributed by atoms with Gasteiger partial charge in [0.2, 0.25) is 0 Å². The van der Waals surface area contributed by atoms with E-state index >= 15 is 0 Å². The third-order valence-electron chi connectivity index (χ3n) is 1.54. The Hall–Kier alpha value is -0.630. The second-order valence-electron chi connectivity index (χ2n) is 2.15. The van der Waals surface area contributed by atoms with Crippen LogP contribution in [0.15, 0.2) is 12.2 Å². The molecular weight excluding hydrogens is 104 g/mol. The first-order chi connectivity index (χ1) is 3.86. The topological polar surface area (TPSA) is 26.3 Å². The van der Waals surface area contributed by atoms with Crippen molar-refractivity contribution >= 4 is 5.78 Å². The Morgan fingerprint density at radius 1 is 1.62 bits per heavy atom. The Morgan fingerprint density at radius 3 is 2.75 bits per heavy atom. The number of carbonyl (C=O) groups excluding carboxylic acids is 1. The molecule has 8 heavy (non-hydrogen) atoms. The van der Waals surface area contributed by atoms with Gasteiger partial charge in [0.25, 0.3) is 0 Å². The fourth-order valence-corrected chi connectivity index (χ4v) is 1.12. The molecule has 2 aliphatic heterocycles. The number of ketones is 1. The Kier molecular flexibility index (Phi) is 0.641. The summed E-state index contributed by atoms with van der Waals surface area (Å²) in [6, 6.07) is 0. The molecule has 1 saturated heterocycles. The smallest absolute Gasteiger partial charge is 0.168 e. The molecule has 0 N–H and O–H groups in total. The Labute approximate surface area is 47.1 Å². The van der Waals surface area contributed by atoms with Crippen LogP contribution >= 0.6 is 0 Å². The van der Waals surface area contributed by atoms with Crippen molar-refractivity contribution < 1.29 is 9.53 Å². The summed E-state index contributed by atoms with van der Waals surface area (Å²) >= 11 is 0. The maximum absolute atomic E-state index is 10.7. The van der Waals surface area contributed by atoms with E-state index in [-0.39, 0.29) is 18.0 Å². The summed E-state index contributed by atoms with van der Waals surface area (Å²) in [4.78, 5) is 10.7. The van der Waals surface area contributed by atoms with Crippen LogP contribution in [0.4, 0.5) is 0 Å². The highest BCUT2D eigenvalue weighted by Gasteiger charge is 2.34. The number of carbonyl (C=O) groups is 1. The molecule has 2 atom stereocenters. The number of rotatable bonds is 0. The molecule has 0 spiro atoms. The average molecular weight is 110 g/mol. The molecule has 0 aromatic heterocycles. The van der Waals surface area contributed by atoms with Gasteiger partial charge in [-0.15, -0.1) is 0 Å². The van der Waals surface area contributed by atoms with Gasteiger partial charge >= 0.3 is 0 Å². The molecule has 1 fully saturated rings. The van der Waals surface area contributed by atoms with Gasteiger partial charge in [0.1, 0.15) is 6.10 Å². The van der Waals surface area contributed by atoms with E-state index in [0.717, 1.165) is 0 Å². The molecule has 42 valence electrons. The van der Waals surface area contributed by atoms with Crippen LogP contribution < -0.4 is 0 Å². The molecule has 0 radical (unpaired) electrons. The average Bonchev–Trinajstić information content (AvgIpc) is 2.23. The molecule has 2 heteroatoms. The van der Waals surface area contributed by atoms with Crippen molar-refractivity contribution in [2.24, 2.45) is 0 Å². The van der Waals surface area contributed by atoms with Crippen molar-refractivity contribution in [3.8, 4) is 0 Å². The fourth-order valence-electron chi connectivity index (χ4n) is 1.12. The first-order valence-corrected chi connectivity index (χ1v) is 2.73. The van der Waals surface area contributed by atoms with E-state index < -0.39 is 0 Å². The minimum absolute atomic E-state index is 0.118. The third-order valence-corrected chi connectivity index (χ3v) is 1.54. The predicted octanol–water partition coefficient (Wildman–Crippen LogP) is 0.283. The van der Waals surface area contributed by atoms with Crippen molar-refractivity contribution in [1.82, 2.24) is 0 Å². The Balaban J connectivity index is 2.35. The van der Waals surface area contributed by atoms with Gasteiger partial charge < -0.3 is 4.74 Å². The van der Waals surface area contributed by atoms with Crippen LogP contribution in [0.5, 0.6) is 0 Å². The molecule has 0 unspecified atom stereocenters. The Morgan fingerprint density at radius 2 is 2.50 bits per heavy atom. The van der Waals surface area contributed by atoms with Crippen LogP contribution in [0, 0.1) is 0 Å². The van der Waals surface area contributed by atoms with Gasteiger partial charge in [-0.05, 0) is 6.08 Å². The second-order valence-corrected chi connectivity index (χ2v) is 2.15. The van der Waals surface area contributed by atoms with Crippen LogP contribution in [-0.2, 0) is 9.53 Å². The van der Waals surface area contributed by atoms with Crippen molar-refractivity contribution in [2.45, 2.75) is 18.6 Å². The lowest BCUT2D eigenvalue weighted by Crippen LogP contribution is -2.10. The van der Waals surface area contributed by atoms with Gasteiger partial charge in [-0.25, -0.2) is 0 Å².